The summed E-state index contributed by atoms with van der Waals surface area (Å²) < 4.78 is 0. The van der Waals surface area contributed by atoms with Gasteiger partial charge in [0.05, 0.1) is 0 Å². The van der Waals surface area contributed by atoms with Gasteiger partial charge in [-0.1, -0.05) is 18.2 Å². The summed E-state index contributed by atoms with van der Waals surface area (Å²) in [6, 6.07) is 7.22. The molecule has 0 amide bonds. The van der Waals surface area contributed by atoms with Gasteiger partial charge in [-0.05, 0) is 50.0 Å². The summed E-state index contributed by atoms with van der Waals surface area (Å²) in [6.07, 6.45) is 3.62. The van der Waals surface area contributed by atoms with Gasteiger partial charge in [0.25, 0.3) is 0 Å². The molecule has 1 aliphatic rings. The molecule has 0 heterocycles. The van der Waals surface area contributed by atoms with Gasteiger partial charge >= 0.3 is 0 Å². The molecule has 82 valence electrons. The Kier molecular flexibility index (Phi) is 3.32. The van der Waals surface area contributed by atoms with Gasteiger partial charge in [0, 0.05) is 11.9 Å². The van der Waals surface area contributed by atoms with Crippen LogP contribution in [0, 0.1) is 0 Å². The number of fused-ring (bicyclic) bond motifs is 1. The lowest BCUT2D eigenvalue weighted by Crippen LogP contribution is -2.33. The van der Waals surface area contributed by atoms with Gasteiger partial charge in [0.1, 0.15) is 0 Å². The maximum Gasteiger partial charge on any atom is 0.0476 e. The molecular weight excluding hydrogens is 206 g/mol. The van der Waals surface area contributed by atoms with Crippen molar-refractivity contribution in [3.05, 3.63) is 34.9 Å². The second-order valence-corrected chi connectivity index (χ2v) is 4.82. The summed E-state index contributed by atoms with van der Waals surface area (Å²) in [5.74, 6) is 0.642. The first-order valence-electron chi connectivity index (χ1n) is 5.54. The lowest BCUT2D eigenvalue weighted by atomic mass is 9.85. The lowest BCUT2D eigenvalue weighted by Gasteiger charge is -2.31. The highest BCUT2D eigenvalue weighted by Gasteiger charge is 2.21. The molecule has 0 saturated heterocycles. The summed E-state index contributed by atoms with van der Waals surface area (Å²) in [5.41, 5.74) is 4.32. The summed E-state index contributed by atoms with van der Waals surface area (Å²) in [4.78, 5) is 2.33. The molecule has 1 aliphatic carbocycles. The van der Waals surface area contributed by atoms with Crippen LogP contribution in [0.15, 0.2) is 18.2 Å². The molecule has 0 radical (unpaired) electrons. The predicted molar refractivity (Wildman–Crippen MR) is 65.5 cm³/mol. The molecule has 1 atom stereocenters. The number of alkyl halides is 1. The molecule has 0 spiro atoms. The number of aryl methyl sites for hydroxylation is 1. The first-order chi connectivity index (χ1) is 7.22. The first-order valence-corrected chi connectivity index (χ1v) is 6.08. The summed E-state index contributed by atoms with van der Waals surface area (Å²) in [5, 5.41) is 0. The van der Waals surface area contributed by atoms with E-state index in [-0.39, 0.29) is 0 Å². The smallest absolute Gasteiger partial charge is 0.0476 e. The third-order valence-corrected chi connectivity index (χ3v) is 3.72. The third-order valence-electron chi connectivity index (χ3n) is 3.43. The fourth-order valence-electron chi connectivity index (χ4n) is 2.41. The number of rotatable bonds is 2. The largest absolute Gasteiger partial charge is 0.306 e. The average molecular weight is 224 g/mol. The maximum absolute atomic E-state index is 5.98. The molecule has 1 unspecified atom stereocenters. The molecule has 1 nitrogen and oxygen atoms in total. The van der Waals surface area contributed by atoms with E-state index in [2.05, 4.69) is 37.2 Å². The van der Waals surface area contributed by atoms with Crippen molar-refractivity contribution < 1.29 is 0 Å². The number of benzene rings is 1. The highest BCUT2D eigenvalue weighted by molar-refractivity contribution is 6.17. The van der Waals surface area contributed by atoms with Crippen LogP contribution < -0.4 is 0 Å². The van der Waals surface area contributed by atoms with Crippen LogP contribution in [0.2, 0.25) is 0 Å². The SMILES string of the molecule is CN(C)C1CCc2cccc(CCl)c2C1. The van der Waals surface area contributed by atoms with Crippen LogP contribution in [0.4, 0.5) is 0 Å². The Bertz CT molecular complexity index is 332. The summed E-state index contributed by atoms with van der Waals surface area (Å²) >= 11 is 5.98. The number of likely N-dealkylation sites (N-methyl/N-ethyl adjacent to an activating group) is 1. The van der Waals surface area contributed by atoms with E-state index in [9.17, 15) is 0 Å². The molecular formula is C13H18ClN. The second-order valence-electron chi connectivity index (χ2n) is 4.55. The molecule has 0 N–H and O–H groups in total. The van der Waals surface area contributed by atoms with Gasteiger partial charge in [0.15, 0.2) is 0 Å². The Morgan fingerprint density at radius 2 is 2.20 bits per heavy atom. The van der Waals surface area contributed by atoms with E-state index >= 15 is 0 Å². The van der Waals surface area contributed by atoms with Crippen molar-refractivity contribution in [3.63, 3.8) is 0 Å². The molecule has 2 heteroatoms. The molecule has 0 saturated carbocycles. The van der Waals surface area contributed by atoms with Gasteiger partial charge in [-0.2, -0.15) is 0 Å². The van der Waals surface area contributed by atoms with E-state index in [4.69, 9.17) is 11.6 Å². The molecule has 1 aromatic carbocycles. The Morgan fingerprint density at radius 1 is 1.40 bits per heavy atom. The number of hydrogen-bond acceptors (Lipinski definition) is 1. The molecule has 0 bridgehead atoms. The molecule has 0 fully saturated rings. The molecule has 1 aromatic rings. The van der Waals surface area contributed by atoms with Crippen LogP contribution in [0.25, 0.3) is 0 Å². The zero-order valence-corrected chi connectivity index (χ0v) is 10.2. The standard InChI is InChI=1S/C13H18ClN/c1-15(2)12-7-6-10-4-3-5-11(9-14)13(10)8-12/h3-5,12H,6-9H2,1-2H3. The molecule has 0 aliphatic heterocycles. The normalized spacial score (nSPS) is 20.4. The van der Waals surface area contributed by atoms with Crippen LogP contribution in [-0.2, 0) is 18.7 Å². The van der Waals surface area contributed by atoms with Crippen molar-refractivity contribution >= 4 is 11.6 Å². The van der Waals surface area contributed by atoms with Crippen LogP contribution in [0.1, 0.15) is 23.1 Å². The molecule has 15 heavy (non-hydrogen) atoms. The van der Waals surface area contributed by atoms with E-state index in [1.54, 1.807) is 0 Å². The fraction of sp³-hybridized carbons (Fsp3) is 0.538. The highest BCUT2D eigenvalue weighted by Crippen LogP contribution is 2.27. The minimum absolute atomic E-state index is 0.642. The first kappa shape index (κ1) is 11.0. The van der Waals surface area contributed by atoms with Crippen LogP contribution in [-0.4, -0.2) is 25.0 Å². The molecule has 2 rings (SSSR count). The minimum atomic E-state index is 0.642. The average Bonchev–Trinajstić information content (AvgIpc) is 2.27. The summed E-state index contributed by atoms with van der Waals surface area (Å²) in [7, 11) is 4.33. The van der Waals surface area contributed by atoms with Crippen molar-refractivity contribution in [2.24, 2.45) is 0 Å². The Hall–Kier alpha value is -0.530. The molecule has 0 aromatic heterocycles. The van der Waals surface area contributed by atoms with Crippen LogP contribution >= 0.6 is 11.6 Å². The Balaban J connectivity index is 2.30. The Morgan fingerprint density at radius 3 is 2.87 bits per heavy atom. The summed E-state index contributed by atoms with van der Waals surface area (Å²) in [6.45, 7) is 0. The van der Waals surface area contributed by atoms with Crippen molar-refractivity contribution in [1.82, 2.24) is 4.90 Å². The fourth-order valence-corrected chi connectivity index (χ4v) is 2.66. The maximum atomic E-state index is 5.98. The minimum Gasteiger partial charge on any atom is -0.306 e. The van der Waals surface area contributed by atoms with Crippen LogP contribution in [0.5, 0.6) is 0 Å². The zero-order valence-electron chi connectivity index (χ0n) is 9.46. The zero-order chi connectivity index (χ0) is 10.8. The highest BCUT2D eigenvalue weighted by atomic mass is 35.5. The van der Waals surface area contributed by atoms with Gasteiger partial charge < -0.3 is 4.90 Å². The predicted octanol–water partition coefficient (Wildman–Crippen LogP) is 2.84. The van der Waals surface area contributed by atoms with E-state index in [1.165, 1.54) is 29.5 Å². The third kappa shape index (κ3) is 2.19. The number of halogens is 1. The van der Waals surface area contributed by atoms with Crippen molar-refractivity contribution in [2.75, 3.05) is 14.1 Å². The number of hydrogen-bond donors (Lipinski definition) is 0. The van der Waals surface area contributed by atoms with Gasteiger partial charge in [-0.25, -0.2) is 0 Å². The van der Waals surface area contributed by atoms with Crippen molar-refractivity contribution in [3.8, 4) is 0 Å². The topological polar surface area (TPSA) is 3.24 Å². The van der Waals surface area contributed by atoms with Gasteiger partial charge in [0.2, 0.25) is 0 Å². The van der Waals surface area contributed by atoms with E-state index in [0.29, 0.717) is 11.9 Å². The van der Waals surface area contributed by atoms with E-state index in [1.807, 2.05) is 0 Å². The van der Waals surface area contributed by atoms with E-state index in [0.717, 1.165) is 6.42 Å². The van der Waals surface area contributed by atoms with E-state index < -0.39 is 0 Å². The number of nitrogens with zero attached hydrogens (tertiary/aromatic N) is 1. The second kappa shape index (κ2) is 4.54. The monoisotopic (exact) mass is 223 g/mol. The van der Waals surface area contributed by atoms with Gasteiger partial charge in [-0.15, -0.1) is 11.6 Å². The van der Waals surface area contributed by atoms with Gasteiger partial charge in [-0.3, -0.25) is 0 Å². The van der Waals surface area contributed by atoms with Crippen molar-refractivity contribution in [2.45, 2.75) is 31.2 Å². The van der Waals surface area contributed by atoms with Crippen LogP contribution in [0.3, 0.4) is 0 Å². The van der Waals surface area contributed by atoms with Crippen molar-refractivity contribution in [1.29, 1.82) is 0 Å². The Labute approximate surface area is 97.0 Å². The quantitative estimate of drug-likeness (QED) is 0.697. The lowest BCUT2D eigenvalue weighted by molar-refractivity contribution is 0.268.